The van der Waals surface area contributed by atoms with Crippen molar-refractivity contribution in [2.24, 2.45) is 0 Å². The molecule has 0 heterocycles. The number of benzene rings is 1. The van der Waals surface area contributed by atoms with Crippen LogP contribution in [-0.4, -0.2) is 10.7 Å². The monoisotopic (exact) mass is 247 g/mol. The second-order valence-corrected chi connectivity index (χ2v) is 3.46. The predicted molar refractivity (Wildman–Crippen MR) is 52.8 cm³/mol. The third-order valence-corrected chi connectivity index (χ3v) is 2.22. The molecule has 92 valence electrons. The zero-order valence-electron chi connectivity index (χ0n) is 8.96. The van der Waals surface area contributed by atoms with Crippen LogP contribution in [0.1, 0.15) is 28.4 Å². The molecule has 0 saturated heterocycles. The number of rotatable bonds is 2. The Hall–Kier alpha value is -1.92. The van der Waals surface area contributed by atoms with Gasteiger partial charge in [-0.05, 0) is 19.4 Å². The van der Waals surface area contributed by atoms with Crippen molar-refractivity contribution in [2.45, 2.75) is 20.0 Å². The van der Waals surface area contributed by atoms with Gasteiger partial charge in [0.1, 0.15) is 5.56 Å². The zero-order chi connectivity index (χ0) is 13.4. The topological polar surface area (TPSA) is 60.2 Å². The number of carbonyl (C=O) groups excluding carboxylic acids is 1. The van der Waals surface area contributed by atoms with Gasteiger partial charge in [0.2, 0.25) is 0 Å². The fraction of sp³-hybridized carbons (Fsp3) is 0.300. The minimum atomic E-state index is -4.94. The Labute approximate surface area is 94.2 Å². The summed E-state index contributed by atoms with van der Waals surface area (Å²) in [6.45, 7) is 2.25. The average molecular weight is 247 g/mol. The summed E-state index contributed by atoms with van der Waals surface area (Å²) in [6.07, 6.45) is -4.94. The molecule has 0 N–H and O–H groups in total. The van der Waals surface area contributed by atoms with Crippen LogP contribution in [0.15, 0.2) is 12.1 Å². The second kappa shape index (κ2) is 4.15. The number of nitro groups is 1. The summed E-state index contributed by atoms with van der Waals surface area (Å²) in [5, 5.41) is 10.5. The van der Waals surface area contributed by atoms with Gasteiger partial charge in [0.15, 0.2) is 5.78 Å². The number of alkyl halides is 3. The highest BCUT2D eigenvalue weighted by molar-refractivity contribution is 5.98. The van der Waals surface area contributed by atoms with Crippen LogP contribution in [0.5, 0.6) is 0 Å². The van der Waals surface area contributed by atoms with Gasteiger partial charge in [0.05, 0.1) is 4.92 Å². The van der Waals surface area contributed by atoms with E-state index < -0.39 is 33.7 Å². The van der Waals surface area contributed by atoms with E-state index in [0.717, 1.165) is 19.1 Å². The van der Waals surface area contributed by atoms with E-state index in [1.807, 2.05) is 0 Å². The maximum Gasteiger partial charge on any atom is 0.423 e. The van der Waals surface area contributed by atoms with Gasteiger partial charge in [-0.25, -0.2) is 0 Å². The SMILES string of the molecule is CC(=O)c1c(C)ccc([N+](=O)[O-])c1C(F)(F)F. The van der Waals surface area contributed by atoms with Crippen molar-refractivity contribution in [1.82, 2.24) is 0 Å². The Kier molecular flexibility index (Phi) is 3.21. The molecule has 0 aliphatic rings. The Balaban J connectivity index is 3.75. The number of nitrogens with zero attached hydrogens (tertiary/aromatic N) is 1. The molecular weight excluding hydrogens is 239 g/mol. The van der Waals surface area contributed by atoms with E-state index in [2.05, 4.69) is 0 Å². The van der Waals surface area contributed by atoms with Crippen molar-refractivity contribution in [3.05, 3.63) is 38.9 Å². The van der Waals surface area contributed by atoms with Crippen molar-refractivity contribution in [3.63, 3.8) is 0 Å². The number of carbonyl (C=O) groups is 1. The Morgan fingerprint density at radius 1 is 1.35 bits per heavy atom. The Bertz CT molecular complexity index is 494. The molecule has 7 heteroatoms. The third-order valence-electron chi connectivity index (χ3n) is 2.22. The van der Waals surface area contributed by atoms with Crippen molar-refractivity contribution < 1.29 is 22.9 Å². The van der Waals surface area contributed by atoms with Crippen LogP contribution in [0.4, 0.5) is 18.9 Å². The van der Waals surface area contributed by atoms with Crippen LogP contribution in [-0.2, 0) is 6.18 Å². The highest BCUT2D eigenvalue weighted by atomic mass is 19.4. The molecule has 17 heavy (non-hydrogen) atoms. The molecule has 0 amide bonds. The molecule has 0 bridgehead atoms. The van der Waals surface area contributed by atoms with Crippen LogP contribution in [0.3, 0.4) is 0 Å². The molecule has 0 atom stereocenters. The smallest absolute Gasteiger partial charge is 0.294 e. The minimum absolute atomic E-state index is 0.0652. The molecule has 0 fully saturated rings. The number of Topliss-reactive ketones (excluding diaryl/α,β-unsaturated/α-hetero) is 1. The first-order valence-corrected chi connectivity index (χ1v) is 4.52. The van der Waals surface area contributed by atoms with Crippen LogP contribution in [0.25, 0.3) is 0 Å². The molecule has 0 spiro atoms. The lowest BCUT2D eigenvalue weighted by Crippen LogP contribution is -2.16. The number of nitro benzene ring substituents is 1. The molecule has 0 aliphatic heterocycles. The van der Waals surface area contributed by atoms with E-state index in [4.69, 9.17) is 0 Å². The van der Waals surface area contributed by atoms with Gasteiger partial charge in [0.25, 0.3) is 5.69 Å². The molecule has 0 aromatic heterocycles. The standard InChI is InChI=1S/C10H8F3NO3/c1-5-3-4-7(14(16)17)9(10(11,12)13)8(5)6(2)15/h3-4H,1-2H3. The van der Waals surface area contributed by atoms with E-state index >= 15 is 0 Å². The maximum atomic E-state index is 12.8. The fourth-order valence-corrected chi connectivity index (χ4v) is 1.59. The van der Waals surface area contributed by atoms with Gasteiger partial charge in [-0.2, -0.15) is 13.2 Å². The van der Waals surface area contributed by atoms with Crippen molar-refractivity contribution >= 4 is 11.5 Å². The molecule has 0 radical (unpaired) electrons. The van der Waals surface area contributed by atoms with Gasteiger partial charge in [0, 0.05) is 11.6 Å². The van der Waals surface area contributed by atoms with E-state index in [-0.39, 0.29) is 5.56 Å². The molecule has 1 aromatic carbocycles. The molecular formula is C10H8F3NO3. The first-order valence-electron chi connectivity index (χ1n) is 4.52. The molecule has 0 saturated carbocycles. The molecule has 0 unspecified atom stereocenters. The largest absolute Gasteiger partial charge is 0.423 e. The Morgan fingerprint density at radius 3 is 2.24 bits per heavy atom. The predicted octanol–water partition coefficient (Wildman–Crippen LogP) is 3.12. The van der Waals surface area contributed by atoms with Crippen molar-refractivity contribution in [1.29, 1.82) is 0 Å². The van der Waals surface area contributed by atoms with E-state index in [1.165, 1.54) is 6.92 Å². The van der Waals surface area contributed by atoms with Gasteiger partial charge >= 0.3 is 6.18 Å². The summed E-state index contributed by atoms with van der Waals surface area (Å²) in [4.78, 5) is 20.6. The zero-order valence-corrected chi connectivity index (χ0v) is 8.96. The van der Waals surface area contributed by atoms with Gasteiger partial charge in [-0.3, -0.25) is 14.9 Å². The van der Waals surface area contributed by atoms with Crippen molar-refractivity contribution in [3.8, 4) is 0 Å². The maximum absolute atomic E-state index is 12.8. The van der Waals surface area contributed by atoms with Crippen molar-refractivity contribution in [2.75, 3.05) is 0 Å². The van der Waals surface area contributed by atoms with E-state index in [1.54, 1.807) is 0 Å². The lowest BCUT2D eigenvalue weighted by Gasteiger charge is -2.13. The summed E-state index contributed by atoms with van der Waals surface area (Å²) >= 11 is 0. The summed E-state index contributed by atoms with van der Waals surface area (Å²) < 4.78 is 38.3. The summed E-state index contributed by atoms with van der Waals surface area (Å²) in [7, 11) is 0. The van der Waals surface area contributed by atoms with Crippen LogP contribution in [0.2, 0.25) is 0 Å². The fourth-order valence-electron chi connectivity index (χ4n) is 1.59. The molecule has 0 aliphatic carbocycles. The van der Waals surface area contributed by atoms with Gasteiger partial charge < -0.3 is 0 Å². The number of aryl methyl sites for hydroxylation is 1. The number of halogens is 3. The summed E-state index contributed by atoms with van der Waals surface area (Å²) in [6, 6.07) is 1.88. The van der Waals surface area contributed by atoms with E-state index in [0.29, 0.717) is 0 Å². The van der Waals surface area contributed by atoms with Gasteiger partial charge in [-0.15, -0.1) is 0 Å². The average Bonchev–Trinajstić information content (AvgIpc) is 2.14. The minimum Gasteiger partial charge on any atom is -0.294 e. The molecule has 4 nitrogen and oxygen atoms in total. The normalized spacial score (nSPS) is 11.4. The lowest BCUT2D eigenvalue weighted by atomic mass is 9.97. The van der Waals surface area contributed by atoms with Crippen LogP contribution < -0.4 is 0 Å². The van der Waals surface area contributed by atoms with E-state index in [9.17, 15) is 28.1 Å². The van der Waals surface area contributed by atoms with Crippen LogP contribution >= 0.6 is 0 Å². The summed E-state index contributed by atoms with van der Waals surface area (Å²) in [5.41, 5.74) is -3.16. The second-order valence-electron chi connectivity index (χ2n) is 3.46. The summed E-state index contributed by atoms with van der Waals surface area (Å²) in [5.74, 6) is -0.849. The first-order chi connectivity index (χ1) is 7.66. The first kappa shape index (κ1) is 13.1. The highest BCUT2D eigenvalue weighted by Crippen LogP contribution is 2.39. The van der Waals surface area contributed by atoms with Gasteiger partial charge in [-0.1, -0.05) is 6.07 Å². The third kappa shape index (κ3) is 2.43. The molecule has 1 aromatic rings. The quantitative estimate of drug-likeness (QED) is 0.458. The highest BCUT2D eigenvalue weighted by Gasteiger charge is 2.42. The number of ketones is 1. The number of hydrogen-bond acceptors (Lipinski definition) is 3. The molecule has 1 rings (SSSR count). The lowest BCUT2D eigenvalue weighted by molar-refractivity contribution is -0.388. The number of hydrogen-bond donors (Lipinski definition) is 0. The van der Waals surface area contributed by atoms with Crippen LogP contribution in [0, 0.1) is 17.0 Å². The Morgan fingerprint density at radius 2 is 1.88 bits per heavy atom.